The zero-order valence-corrected chi connectivity index (χ0v) is 11.9. The van der Waals surface area contributed by atoms with Gasteiger partial charge in [0.2, 0.25) is 0 Å². The fourth-order valence-corrected chi connectivity index (χ4v) is 1.93. The summed E-state index contributed by atoms with van der Waals surface area (Å²) in [7, 11) is 0. The van der Waals surface area contributed by atoms with Crippen LogP contribution in [0, 0.1) is 5.82 Å². The summed E-state index contributed by atoms with van der Waals surface area (Å²) in [5.74, 6) is -0.796. The third-order valence-corrected chi connectivity index (χ3v) is 3.36. The average Bonchev–Trinajstić information content (AvgIpc) is 2.38. The van der Waals surface area contributed by atoms with Crippen LogP contribution in [0.2, 0.25) is 0 Å². The molecule has 106 valence electrons. The predicted octanol–water partition coefficient (Wildman–Crippen LogP) is 3.45. The number of anilines is 1. The summed E-state index contributed by atoms with van der Waals surface area (Å²) in [5.41, 5.74) is 5.94. The van der Waals surface area contributed by atoms with Crippen molar-refractivity contribution < 1.29 is 9.18 Å². The molecule has 0 aliphatic heterocycles. The SMILES string of the molecule is CCCCN(C(=O)c1ccc(N)cc1F)C(C)CC. The Balaban J connectivity index is 2.97. The molecule has 1 aromatic rings. The van der Waals surface area contributed by atoms with Gasteiger partial charge in [0.1, 0.15) is 5.82 Å². The zero-order chi connectivity index (χ0) is 14.4. The molecule has 0 aliphatic carbocycles. The Bertz CT molecular complexity index is 434. The first-order valence-corrected chi connectivity index (χ1v) is 6.87. The first-order chi connectivity index (χ1) is 9.01. The van der Waals surface area contributed by atoms with Crippen molar-refractivity contribution in [3.8, 4) is 0 Å². The lowest BCUT2D eigenvalue weighted by molar-refractivity contribution is 0.0680. The third kappa shape index (κ3) is 3.94. The molecule has 0 bridgehead atoms. The van der Waals surface area contributed by atoms with Crippen LogP contribution in [0.5, 0.6) is 0 Å². The molecular weight excluding hydrogens is 243 g/mol. The molecule has 0 saturated carbocycles. The largest absolute Gasteiger partial charge is 0.399 e. The van der Waals surface area contributed by atoms with E-state index < -0.39 is 5.82 Å². The van der Waals surface area contributed by atoms with Crippen molar-refractivity contribution in [2.24, 2.45) is 0 Å². The summed E-state index contributed by atoms with van der Waals surface area (Å²) < 4.78 is 13.8. The van der Waals surface area contributed by atoms with Gasteiger partial charge in [-0.1, -0.05) is 20.3 Å². The maximum absolute atomic E-state index is 13.8. The van der Waals surface area contributed by atoms with Crippen LogP contribution in [-0.2, 0) is 0 Å². The molecule has 1 amide bonds. The van der Waals surface area contributed by atoms with Crippen LogP contribution in [0.1, 0.15) is 50.4 Å². The lowest BCUT2D eigenvalue weighted by Crippen LogP contribution is -2.39. The Morgan fingerprint density at radius 1 is 1.42 bits per heavy atom. The summed E-state index contributed by atoms with van der Waals surface area (Å²) in [6.07, 6.45) is 2.78. The number of rotatable bonds is 6. The fraction of sp³-hybridized carbons (Fsp3) is 0.533. The monoisotopic (exact) mass is 266 g/mol. The van der Waals surface area contributed by atoms with Crippen molar-refractivity contribution in [3.63, 3.8) is 0 Å². The highest BCUT2D eigenvalue weighted by molar-refractivity contribution is 5.95. The number of unbranched alkanes of at least 4 members (excludes halogenated alkanes) is 1. The smallest absolute Gasteiger partial charge is 0.257 e. The molecule has 4 heteroatoms. The van der Waals surface area contributed by atoms with Crippen molar-refractivity contribution in [1.29, 1.82) is 0 Å². The van der Waals surface area contributed by atoms with E-state index in [-0.39, 0.29) is 17.5 Å². The second kappa shape index (κ2) is 7.12. The van der Waals surface area contributed by atoms with Gasteiger partial charge in [-0.05, 0) is 38.0 Å². The summed E-state index contributed by atoms with van der Waals surface area (Å²) in [6.45, 7) is 6.75. The van der Waals surface area contributed by atoms with Gasteiger partial charge in [0.25, 0.3) is 5.91 Å². The second-order valence-corrected chi connectivity index (χ2v) is 4.85. The van der Waals surface area contributed by atoms with Crippen molar-refractivity contribution in [2.45, 2.75) is 46.1 Å². The van der Waals surface area contributed by atoms with Gasteiger partial charge in [-0.3, -0.25) is 4.79 Å². The minimum absolute atomic E-state index is 0.102. The number of carbonyl (C=O) groups is 1. The summed E-state index contributed by atoms with van der Waals surface area (Å²) in [6, 6.07) is 4.33. The second-order valence-electron chi connectivity index (χ2n) is 4.85. The Kier molecular flexibility index (Phi) is 5.80. The van der Waals surface area contributed by atoms with Gasteiger partial charge in [0.15, 0.2) is 0 Å². The summed E-state index contributed by atoms with van der Waals surface area (Å²) in [5, 5.41) is 0. The lowest BCUT2D eigenvalue weighted by Gasteiger charge is -2.28. The van der Waals surface area contributed by atoms with Gasteiger partial charge in [-0.15, -0.1) is 0 Å². The van der Waals surface area contributed by atoms with Crippen LogP contribution < -0.4 is 5.73 Å². The molecular formula is C15H23FN2O. The molecule has 19 heavy (non-hydrogen) atoms. The number of carbonyl (C=O) groups excluding carboxylic acids is 1. The van der Waals surface area contributed by atoms with Crippen LogP contribution in [-0.4, -0.2) is 23.4 Å². The fourth-order valence-electron chi connectivity index (χ4n) is 1.93. The average molecular weight is 266 g/mol. The Hall–Kier alpha value is -1.58. The first kappa shape index (κ1) is 15.5. The quantitative estimate of drug-likeness (QED) is 0.802. The highest BCUT2D eigenvalue weighted by atomic mass is 19.1. The molecule has 0 heterocycles. The van der Waals surface area contributed by atoms with E-state index in [9.17, 15) is 9.18 Å². The number of hydrogen-bond donors (Lipinski definition) is 1. The van der Waals surface area contributed by atoms with Crippen molar-refractivity contribution in [3.05, 3.63) is 29.6 Å². The van der Waals surface area contributed by atoms with E-state index in [0.717, 1.165) is 19.3 Å². The number of hydrogen-bond acceptors (Lipinski definition) is 2. The van der Waals surface area contributed by atoms with Crippen molar-refractivity contribution in [1.82, 2.24) is 4.90 Å². The van der Waals surface area contributed by atoms with E-state index >= 15 is 0 Å². The highest BCUT2D eigenvalue weighted by Crippen LogP contribution is 2.17. The van der Waals surface area contributed by atoms with Crippen LogP contribution >= 0.6 is 0 Å². The Labute approximate surface area is 114 Å². The van der Waals surface area contributed by atoms with Gasteiger partial charge < -0.3 is 10.6 Å². The van der Waals surface area contributed by atoms with Crippen molar-refractivity contribution >= 4 is 11.6 Å². The van der Waals surface area contributed by atoms with Gasteiger partial charge in [0.05, 0.1) is 5.56 Å². The molecule has 1 unspecified atom stereocenters. The number of nitrogens with two attached hydrogens (primary N) is 1. The standard InChI is InChI=1S/C15H23FN2O/c1-4-6-9-18(11(3)5-2)15(19)13-8-7-12(17)10-14(13)16/h7-8,10-11H,4-6,9,17H2,1-3H3. The molecule has 2 N–H and O–H groups in total. The van der Waals surface area contributed by atoms with Gasteiger partial charge in [-0.2, -0.15) is 0 Å². The topological polar surface area (TPSA) is 46.3 Å². The number of halogens is 1. The van der Waals surface area contributed by atoms with Crippen LogP contribution in [0.3, 0.4) is 0 Å². The zero-order valence-electron chi connectivity index (χ0n) is 11.9. The van der Waals surface area contributed by atoms with E-state index in [1.54, 1.807) is 11.0 Å². The van der Waals surface area contributed by atoms with E-state index in [1.807, 2.05) is 13.8 Å². The molecule has 1 rings (SSSR count). The molecule has 3 nitrogen and oxygen atoms in total. The van der Waals surface area contributed by atoms with E-state index in [0.29, 0.717) is 12.2 Å². The minimum Gasteiger partial charge on any atom is -0.399 e. The van der Waals surface area contributed by atoms with E-state index in [2.05, 4.69) is 6.92 Å². The number of amides is 1. The molecule has 0 spiro atoms. The van der Waals surface area contributed by atoms with E-state index in [4.69, 9.17) is 5.73 Å². The predicted molar refractivity (Wildman–Crippen MR) is 76.5 cm³/mol. The lowest BCUT2D eigenvalue weighted by atomic mass is 10.1. The van der Waals surface area contributed by atoms with Crippen LogP contribution in [0.25, 0.3) is 0 Å². The van der Waals surface area contributed by atoms with Crippen LogP contribution in [0.15, 0.2) is 18.2 Å². The molecule has 0 radical (unpaired) electrons. The molecule has 0 aromatic heterocycles. The van der Waals surface area contributed by atoms with Gasteiger partial charge >= 0.3 is 0 Å². The highest BCUT2D eigenvalue weighted by Gasteiger charge is 2.22. The first-order valence-electron chi connectivity index (χ1n) is 6.87. The van der Waals surface area contributed by atoms with Gasteiger partial charge in [0, 0.05) is 18.3 Å². The van der Waals surface area contributed by atoms with E-state index in [1.165, 1.54) is 12.1 Å². The van der Waals surface area contributed by atoms with Crippen LogP contribution in [0.4, 0.5) is 10.1 Å². The molecule has 1 atom stereocenters. The summed E-state index contributed by atoms with van der Waals surface area (Å²) in [4.78, 5) is 14.2. The Morgan fingerprint density at radius 3 is 2.63 bits per heavy atom. The van der Waals surface area contributed by atoms with Crippen molar-refractivity contribution in [2.75, 3.05) is 12.3 Å². The summed E-state index contributed by atoms with van der Waals surface area (Å²) >= 11 is 0. The maximum atomic E-state index is 13.8. The number of nitrogens with zero attached hydrogens (tertiary/aromatic N) is 1. The normalized spacial score (nSPS) is 12.2. The molecule has 0 saturated heterocycles. The molecule has 0 fully saturated rings. The minimum atomic E-state index is -0.546. The maximum Gasteiger partial charge on any atom is 0.257 e. The molecule has 1 aromatic carbocycles. The third-order valence-electron chi connectivity index (χ3n) is 3.36. The number of nitrogen functional groups attached to an aromatic ring is 1. The Morgan fingerprint density at radius 2 is 2.11 bits per heavy atom. The van der Waals surface area contributed by atoms with Gasteiger partial charge in [-0.25, -0.2) is 4.39 Å². The molecule has 0 aliphatic rings. The number of benzene rings is 1.